The average Bonchev–Trinajstić information content (AvgIpc) is 2.23. The monoisotopic (exact) mass is 272 g/mol. The van der Waals surface area contributed by atoms with E-state index in [1.54, 1.807) is 34.6 Å². The third-order valence-corrected chi connectivity index (χ3v) is 2.57. The molecular weight excluding hydrogens is 248 g/mol. The van der Waals surface area contributed by atoms with Crippen molar-refractivity contribution in [1.82, 2.24) is 10.6 Å². The Kier molecular flexibility index (Phi) is 6.52. The van der Waals surface area contributed by atoms with E-state index in [-0.39, 0.29) is 30.7 Å². The topological polar surface area (TPSA) is 95.5 Å². The number of carbonyl (C=O) groups is 3. The van der Waals surface area contributed by atoms with E-state index in [0.29, 0.717) is 0 Å². The van der Waals surface area contributed by atoms with Crippen molar-refractivity contribution >= 4 is 17.8 Å². The Morgan fingerprint density at radius 2 is 1.68 bits per heavy atom. The first-order chi connectivity index (χ1) is 8.55. The van der Waals surface area contributed by atoms with Gasteiger partial charge in [-0.15, -0.1) is 0 Å². The largest absolute Gasteiger partial charge is 0.480 e. The summed E-state index contributed by atoms with van der Waals surface area (Å²) in [7, 11) is 0. The van der Waals surface area contributed by atoms with Crippen molar-refractivity contribution in [3.05, 3.63) is 0 Å². The maximum atomic E-state index is 11.6. The SMILES string of the molecule is CC(C)[C@@H](NC(=O)CCNC(=O)C(C)(C)C)C(=O)O. The van der Waals surface area contributed by atoms with Crippen LogP contribution in [0.3, 0.4) is 0 Å². The van der Waals surface area contributed by atoms with Crippen LogP contribution in [0.4, 0.5) is 0 Å². The number of hydrogen-bond donors (Lipinski definition) is 3. The van der Waals surface area contributed by atoms with Gasteiger partial charge >= 0.3 is 5.97 Å². The summed E-state index contributed by atoms with van der Waals surface area (Å²) in [6.07, 6.45) is 0.0678. The maximum Gasteiger partial charge on any atom is 0.326 e. The lowest BCUT2D eigenvalue weighted by atomic mass is 9.96. The van der Waals surface area contributed by atoms with Crippen molar-refractivity contribution in [2.24, 2.45) is 11.3 Å². The van der Waals surface area contributed by atoms with Gasteiger partial charge < -0.3 is 15.7 Å². The predicted molar refractivity (Wildman–Crippen MR) is 71.5 cm³/mol. The van der Waals surface area contributed by atoms with Crippen molar-refractivity contribution in [2.75, 3.05) is 6.54 Å². The van der Waals surface area contributed by atoms with Crippen molar-refractivity contribution in [3.63, 3.8) is 0 Å². The van der Waals surface area contributed by atoms with Gasteiger partial charge in [-0.1, -0.05) is 34.6 Å². The number of carboxylic acids is 1. The third-order valence-electron chi connectivity index (χ3n) is 2.57. The number of carbonyl (C=O) groups excluding carboxylic acids is 2. The van der Waals surface area contributed by atoms with Gasteiger partial charge in [0.1, 0.15) is 6.04 Å². The van der Waals surface area contributed by atoms with Gasteiger partial charge in [-0.2, -0.15) is 0 Å². The summed E-state index contributed by atoms with van der Waals surface area (Å²) < 4.78 is 0. The molecule has 6 nitrogen and oxygen atoms in total. The Hall–Kier alpha value is -1.59. The molecule has 6 heteroatoms. The Morgan fingerprint density at radius 3 is 2.05 bits per heavy atom. The zero-order valence-corrected chi connectivity index (χ0v) is 12.2. The van der Waals surface area contributed by atoms with Gasteiger partial charge in [0, 0.05) is 18.4 Å². The molecule has 0 saturated carbocycles. The Morgan fingerprint density at radius 1 is 1.16 bits per heavy atom. The maximum absolute atomic E-state index is 11.6. The summed E-state index contributed by atoms with van der Waals surface area (Å²) in [5.41, 5.74) is -0.502. The molecule has 0 heterocycles. The summed E-state index contributed by atoms with van der Waals surface area (Å²) >= 11 is 0. The minimum absolute atomic E-state index is 0.0678. The molecule has 0 bridgehead atoms. The van der Waals surface area contributed by atoms with Gasteiger partial charge in [-0.3, -0.25) is 9.59 Å². The van der Waals surface area contributed by atoms with Crippen LogP contribution >= 0.6 is 0 Å². The van der Waals surface area contributed by atoms with Crippen molar-refractivity contribution in [3.8, 4) is 0 Å². The minimum atomic E-state index is -1.05. The summed E-state index contributed by atoms with van der Waals surface area (Å²) in [4.78, 5) is 34.0. The highest BCUT2D eigenvalue weighted by atomic mass is 16.4. The summed E-state index contributed by atoms with van der Waals surface area (Å²) in [6.45, 7) is 8.98. The van der Waals surface area contributed by atoms with E-state index in [1.807, 2.05) is 0 Å². The summed E-state index contributed by atoms with van der Waals surface area (Å²) in [5, 5.41) is 14.0. The fourth-order valence-electron chi connectivity index (χ4n) is 1.31. The van der Waals surface area contributed by atoms with Crippen LogP contribution in [0.25, 0.3) is 0 Å². The molecule has 0 aliphatic carbocycles. The Balaban J connectivity index is 4.13. The van der Waals surface area contributed by atoms with E-state index in [1.165, 1.54) is 0 Å². The zero-order valence-electron chi connectivity index (χ0n) is 12.2. The van der Waals surface area contributed by atoms with E-state index in [9.17, 15) is 14.4 Å². The second-order valence-electron chi connectivity index (χ2n) is 5.88. The standard InChI is InChI=1S/C13H24N2O4/c1-8(2)10(11(17)18)15-9(16)6-7-14-12(19)13(3,4)5/h8,10H,6-7H2,1-5H3,(H,14,19)(H,15,16)(H,17,18)/t10-/m1/s1. The van der Waals surface area contributed by atoms with Crippen LogP contribution in [0, 0.1) is 11.3 Å². The van der Waals surface area contributed by atoms with E-state index < -0.39 is 17.4 Å². The normalized spacial score (nSPS) is 12.9. The van der Waals surface area contributed by atoms with E-state index in [4.69, 9.17) is 5.11 Å². The van der Waals surface area contributed by atoms with E-state index >= 15 is 0 Å². The molecule has 0 spiro atoms. The molecule has 2 amide bonds. The van der Waals surface area contributed by atoms with Crippen molar-refractivity contribution in [1.29, 1.82) is 0 Å². The van der Waals surface area contributed by atoms with Crippen LogP contribution in [-0.4, -0.2) is 35.5 Å². The smallest absolute Gasteiger partial charge is 0.326 e. The van der Waals surface area contributed by atoms with Crippen LogP contribution < -0.4 is 10.6 Å². The lowest BCUT2D eigenvalue weighted by Crippen LogP contribution is -2.45. The molecule has 19 heavy (non-hydrogen) atoms. The third kappa shape index (κ3) is 6.79. The number of nitrogens with one attached hydrogen (secondary N) is 2. The molecule has 1 atom stereocenters. The minimum Gasteiger partial charge on any atom is -0.480 e. The quantitative estimate of drug-likeness (QED) is 0.665. The predicted octanol–water partition coefficient (Wildman–Crippen LogP) is 0.764. The molecule has 0 rings (SSSR count). The highest BCUT2D eigenvalue weighted by Crippen LogP contribution is 2.12. The lowest BCUT2D eigenvalue weighted by Gasteiger charge is -2.19. The van der Waals surface area contributed by atoms with Gasteiger partial charge in [0.25, 0.3) is 0 Å². The number of carboxylic acid groups (broad SMARTS) is 1. The first kappa shape index (κ1) is 17.4. The van der Waals surface area contributed by atoms with Gasteiger partial charge in [-0.05, 0) is 5.92 Å². The highest BCUT2D eigenvalue weighted by Gasteiger charge is 2.24. The Labute approximate surface area is 113 Å². The fraction of sp³-hybridized carbons (Fsp3) is 0.769. The molecule has 0 unspecified atom stereocenters. The number of hydrogen-bond acceptors (Lipinski definition) is 3. The molecule has 0 aromatic rings. The molecule has 0 aliphatic heterocycles. The van der Waals surface area contributed by atoms with Crippen molar-refractivity contribution < 1.29 is 19.5 Å². The molecule has 0 saturated heterocycles. The van der Waals surface area contributed by atoms with Crippen LogP contribution in [0.15, 0.2) is 0 Å². The molecule has 110 valence electrons. The number of amides is 2. The van der Waals surface area contributed by atoms with Gasteiger partial charge in [0.2, 0.25) is 11.8 Å². The molecular formula is C13H24N2O4. The van der Waals surface area contributed by atoms with Gasteiger partial charge in [-0.25, -0.2) is 4.79 Å². The summed E-state index contributed by atoms with van der Waals surface area (Å²) in [6, 6.07) is -0.897. The van der Waals surface area contributed by atoms with Crippen LogP contribution in [0.5, 0.6) is 0 Å². The number of rotatable bonds is 6. The second kappa shape index (κ2) is 7.11. The Bertz CT molecular complexity index is 345. The summed E-state index contributed by atoms with van der Waals surface area (Å²) in [5.74, 6) is -1.76. The number of aliphatic carboxylic acids is 1. The van der Waals surface area contributed by atoms with Crippen LogP contribution in [-0.2, 0) is 14.4 Å². The average molecular weight is 272 g/mol. The fourth-order valence-corrected chi connectivity index (χ4v) is 1.31. The van der Waals surface area contributed by atoms with Crippen LogP contribution in [0.2, 0.25) is 0 Å². The first-order valence-electron chi connectivity index (χ1n) is 6.36. The van der Waals surface area contributed by atoms with Gasteiger partial charge in [0.15, 0.2) is 0 Å². The van der Waals surface area contributed by atoms with Gasteiger partial charge in [0.05, 0.1) is 0 Å². The zero-order chi connectivity index (χ0) is 15.2. The van der Waals surface area contributed by atoms with E-state index in [2.05, 4.69) is 10.6 Å². The van der Waals surface area contributed by atoms with E-state index in [0.717, 1.165) is 0 Å². The van der Waals surface area contributed by atoms with Crippen molar-refractivity contribution in [2.45, 2.75) is 47.1 Å². The lowest BCUT2D eigenvalue weighted by molar-refractivity contribution is -0.143. The molecule has 3 N–H and O–H groups in total. The molecule has 0 aromatic heterocycles. The second-order valence-corrected chi connectivity index (χ2v) is 5.88. The first-order valence-corrected chi connectivity index (χ1v) is 6.36. The molecule has 0 fully saturated rings. The highest BCUT2D eigenvalue weighted by molar-refractivity contribution is 5.85. The molecule has 0 aromatic carbocycles. The van der Waals surface area contributed by atoms with Crippen LogP contribution in [0.1, 0.15) is 41.0 Å². The molecule has 0 aliphatic rings. The molecule has 0 radical (unpaired) electrons.